The zero-order chi connectivity index (χ0) is 34.9. The van der Waals surface area contributed by atoms with Crippen molar-refractivity contribution in [3.63, 3.8) is 0 Å². The number of carbonyl (C=O) groups excluding carboxylic acids is 2. The van der Waals surface area contributed by atoms with Crippen molar-refractivity contribution >= 4 is 34.1 Å². The van der Waals surface area contributed by atoms with E-state index in [2.05, 4.69) is 21.8 Å². The number of halogens is 2. The first-order valence-corrected chi connectivity index (χ1v) is 16.4. The number of amides is 2. The van der Waals surface area contributed by atoms with E-state index in [9.17, 15) is 14.0 Å². The fourth-order valence-electron chi connectivity index (χ4n) is 6.82. The molecule has 1 aromatic heterocycles. The number of nitrogens with two attached hydrogens (primary N) is 1. The van der Waals surface area contributed by atoms with Crippen LogP contribution in [0.3, 0.4) is 0 Å². The maximum absolute atomic E-state index is 15.8. The van der Waals surface area contributed by atoms with Gasteiger partial charge in [-0.3, -0.25) is 24.4 Å². The fraction of sp³-hybridized carbons (Fsp3) is 0.378. The SMILES string of the molecule is COC(CCOc1ccc2nccc(Oc3ccc(N(C(=O)C4(C(N)=O)[C@H](C)[C@@H]4C)c4ccc(F)cc4)cc3F)c2c1)N1CCN(C)CC1. The molecule has 1 aliphatic heterocycles. The van der Waals surface area contributed by atoms with Gasteiger partial charge in [-0.1, -0.05) is 13.8 Å². The van der Waals surface area contributed by atoms with Crippen molar-refractivity contribution in [3.05, 3.63) is 84.6 Å². The van der Waals surface area contributed by atoms with Gasteiger partial charge in [-0.25, -0.2) is 8.78 Å². The lowest BCUT2D eigenvalue weighted by Crippen LogP contribution is -2.50. The molecule has 4 atom stereocenters. The summed E-state index contributed by atoms with van der Waals surface area (Å²) in [6, 6.07) is 16.3. The molecule has 2 N–H and O–H groups in total. The summed E-state index contributed by atoms with van der Waals surface area (Å²) in [5, 5.41) is 0.620. The highest BCUT2D eigenvalue weighted by atomic mass is 19.1. The molecule has 0 spiro atoms. The van der Waals surface area contributed by atoms with Crippen molar-refractivity contribution < 1.29 is 32.6 Å². The third kappa shape index (κ3) is 6.68. The highest BCUT2D eigenvalue weighted by Gasteiger charge is 2.70. The quantitative estimate of drug-likeness (QED) is 0.190. The molecule has 49 heavy (non-hydrogen) atoms. The largest absolute Gasteiger partial charge is 0.493 e. The number of pyridine rings is 1. The minimum Gasteiger partial charge on any atom is -0.493 e. The van der Waals surface area contributed by atoms with E-state index in [1.807, 2.05) is 12.1 Å². The van der Waals surface area contributed by atoms with Crippen LogP contribution in [0.25, 0.3) is 10.9 Å². The van der Waals surface area contributed by atoms with E-state index in [4.69, 9.17) is 19.9 Å². The molecule has 1 saturated carbocycles. The summed E-state index contributed by atoms with van der Waals surface area (Å²) in [6.45, 7) is 7.82. The van der Waals surface area contributed by atoms with Crippen molar-refractivity contribution in [2.75, 3.05) is 51.8 Å². The number of hydrogen-bond acceptors (Lipinski definition) is 8. The molecule has 0 bridgehead atoms. The average molecular weight is 674 g/mol. The number of piperazine rings is 1. The van der Waals surface area contributed by atoms with Gasteiger partial charge < -0.3 is 24.8 Å². The molecule has 4 aromatic rings. The number of methoxy groups -OCH3 is 1. The maximum atomic E-state index is 15.8. The summed E-state index contributed by atoms with van der Waals surface area (Å²) in [6.07, 6.45) is 2.20. The van der Waals surface area contributed by atoms with Gasteiger partial charge in [0.1, 0.15) is 29.0 Å². The van der Waals surface area contributed by atoms with Crippen LogP contribution in [0.15, 0.2) is 72.9 Å². The first kappa shape index (κ1) is 34.2. The minimum atomic E-state index is -1.47. The molecule has 2 heterocycles. The maximum Gasteiger partial charge on any atom is 0.247 e. The summed E-state index contributed by atoms with van der Waals surface area (Å²) >= 11 is 0. The van der Waals surface area contributed by atoms with Gasteiger partial charge in [0, 0.05) is 63.0 Å². The van der Waals surface area contributed by atoms with Crippen LogP contribution in [-0.4, -0.2) is 79.8 Å². The van der Waals surface area contributed by atoms with Gasteiger partial charge in [-0.05, 0) is 79.5 Å². The molecular weight excluding hydrogens is 632 g/mol. The Hall–Kier alpha value is -4.65. The van der Waals surface area contributed by atoms with Crippen molar-refractivity contribution in [2.24, 2.45) is 23.0 Å². The lowest BCUT2D eigenvalue weighted by atomic mass is 9.98. The number of likely N-dealkylation sites (N-methyl/N-ethyl adjacent to an activating group) is 1. The molecule has 0 radical (unpaired) electrons. The first-order chi connectivity index (χ1) is 23.5. The molecule has 1 saturated heterocycles. The topological polar surface area (TPSA) is 110 Å². The second kappa shape index (κ2) is 14.1. The standard InChI is InChI=1S/C37H41F2N5O5/c1-23-24(2)37(23,35(40)45)36(46)44(26-7-5-25(38)6-8-26)27-9-12-33(30(39)21-27)49-32-13-15-41-31-11-10-28(22-29(31)32)48-20-14-34(47-4)43-18-16-42(3)17-19-43/h5-13,15,21-24,34H,14,16-20H2,1-4H3,(H2,40,45)/t23-,24+,34?,37?. The molecule has 1 aliphatic carbocycles. The number of anilines is 2. The highest BCUT2D eigenvalue weighted by Crippen LogP contribution is 2.60. The van der Waals surface area contributed by atoms with E-state index >= 15 is 4.39 Å². The van der Waals surface area contributed by atoms with Crippen molar-refractivity contribution in [1.82, 2.24) is 14.8 Å². The van der Waals surface area contributed by atoms with E-state index in [0.717, 1.165) is 32.2 Å². The Balaban J connectivity index is 1.22. The fourth-order valence-corrected chi connectivity index (χ4v) is 6.82. The Labute approximate surface area is 284 Å². The predicted octanol–water partition coefficient (Wildman–Crippen LogP) is 5.72. The Morgan fingerprint density at radius 2 is 1.65 bits per heavy atom. The molecule has 2 unspecified atom stereocenters. The second-order valence-corrected chi connectivity index (χ2v) is 12.8. The number of aromatic nitrogens is 1. The zero-order valence-corrected chi connectivity index (χ0v) is 28.1. The van der Waals surface area contributed by atoms with Crippen molar-refractivity contribution in [1.29, 1.82) is 0 Å². The monoisotopic (exact) mass is 673 g/mol. The van der Waals surface area contributed by atoms with E-state index in [-0.39, 0.29) is 35.2 Å². The van der Waals surface area contributed by atoms with E-state index in [1.54, 1.807) is 39.3 Å². The average Bonchev–Trinajstić information content (AvgIpc) is 3.66. The number of benzene rings is 3. The number of hydrogen-bond donors (Lipinski definition) is 1. The second-order valence-electron chi connectivity index (χ2n) is 12.8. The number of nitrogens with zero attached hydrogens (tertiary/aromatic N) is 4. The molecule has 12 heteroatoms. The van der Waals surface area contributed by atoms with Crippen LogP contribution in [0.5, 0.6) is 17.2 Å². The number of carbonyl (C=O) groups is 2. The smallest absolute Gasteiger partial charge is 0.247 e. The lowest BCUT2D eigenvalue weighted by molar-refractivity contribution is -0.134. The normalized spacial score (nSPS) is 21.7. The Morgan fingerprint density at radius 3 is 2.29 bits per heavy atom. The molecular formula is C37H41F2N5O5. The summed E-state index contributed by atoms with van der Waals surface area (Å²) in [7, 11) is 3.83. The van der Waals surface area contributed by atoms with Gasteiger partial charge in [0.15, 0.2) is 11.6 Å². The third-order valence-corrected chi connectivity index (χ3v) is 10.0. The molecule has 10 nitrogen and oxygen atoms in total. The number of primary amides is 1. The number of ether oxygens (including phenoxy) is 3. The van der Waals surface area contributed by atoms with Gasteiger partial charge in [0.2, 0.25) is 11.8 Å². The van der Waals surface area contributed by atoms with E-state index < -0.39 is 28.9 Å². The lowest BCUT2D eigenvalue weighted by Gasteiger charge is -2.37. The summed E-state index contributed by atoms with van der Waals surface area (Å²) < 4.78 is 47.5. The van der Waals surface area contributed by atoms with Crippen LogP contribution < -0.4 is 20.1 Å². The van der Waals surface area contributed by atoms with Crippen LogP contribution in [-0.2, 0) is 14.3 Å². The molecule has 258 valence electrons. The van der Waals surface area contributed by atoms with Gasteiger partial charge in [-0.15, -0.1) is 0 Å². The van der Waals surface area contributed by atoms with Gasteiger partial charge in [-0.2, -0.15) is 0 Å². The summed E-state index contributed by atoms with van der Waals surface area (Å²) in [4.78, 5) is 36.8. The van der Waals surface area contributed by atoms with Crippen LogP contribution in [0.1, 0.15) is 20.3 Å². The van der Waals surface area contributed by atoms with Gasteiger partial charge in [0.05, 0.1) is 17.8 Å². The van der Waals surface area contributed by atoms with E-state index in [1.165, 1.54) is 41.3 Å². The summed E-state index contributed by atoms with van der Waals surface area (Å²) in [5.41, 5.74) is 5.31. The molecule has 3 aromatic carbocycles. The zero-order valence-electron chi connectivity index (χ0n) is 28.1. The Bertz CT molecular complexity index is 1820. The first-order valence-electron chi connectivity index (χ1n) is 16.4. The summed E-state index contributed by atoms with van der Waals surface area (Å²) in [5.74, 6) is -2.40. The van der Waals surface area contributed by atoms with E-state index in [0.29, 0.717) is 35.4 Å². The van der Waals surface area contributed by atoms with Gasteiger partial charge >= 0.3 is 0 Å². The number of fused-ring (bicyclic) bond motifs is 1. The molecule has 6 rings (SSSR count). The van der Waals surface area contributed by atoms with Crippen LogP contribution in [0.4, 0.5) is 20.2 Å². The molecule has 2 aliphatic rings. The van der Waals surface area contributed by atoms with Crippen LogP contribution in [0, 0.1) is 28.9 Å². The Morgan fingerprint density at radius 1 is 0.959 bits per heavy atom. The van der Waals surface area contributed by atoms with Crippen LogP contribution >= 0.6 is 0 Å². The predicted molar refractivity (Wildman–Crippen MR) is 182 cm³/mol. The third-order valence-electron chi connectivity index (χ3n) is 10.0. The van der Waals surface area contributed by atoms with Crippen molar-refractivity contribution in [3.8, 4) is 17.2 Å². The van der Waals surface area contributed by atoms with Crippen LogP contribution in [0.2, 0.25) is 0 Å². The number of rotatable bonds is 12. The van der Waals surface area contributed by atoms with Crippen molar-refractivity contribution in [2.45, 2.75) is 26.5 Å². The highest BCUT2D eigenvalue weighted by molar-refractivity contribution is 6.17. The minimum absolute atomic E-state index is 0.0488. The Kier molecular flexibility index (Phi) is 9.82. The van der Waals surface area contributed by atoms with Gasteiger partial charge in [0.25, 0.3) is 0 Å². The molecule has 2 fully saturated rings. The molecule has 2 amide bonds.